The summed E-state index contributed by atoms with van der Waals surface area (Å²) in [6, 6.07) is 10.3. The number of thiocarbonyl (C=S) groups is 1. The van der Waals surface area contributed by atoms with Crippen LogP contribution in [-0.2, 0) is 5.75 Å². The maximum atomic E-state index is 5.35. The van der Waals surface area contributed by atoms with E-state index in [0.29, 0.717) is 0 Å². The topological polar surface area (TPSA) is 17.8 Å². The summed E-state index contributed by atoms with van der Waals surface area (Å²) < 4.78 is 2.78. The molecular formula is C12H13ClN2S2. The first-order valence-electron chi connectivity index (χ1n) is 4.97. The Morgan fingerprint density at radius 1 is 1.35 bits per heavy atom. The van der Waals surface area contributed by atoms with Crippen LogP contribution < -0.4 is 0 Å². The summed E-state index contributed by atoms with van der Waals surface area (Å²) in [7, 11) is 0. The van der Waals surface area contributed by atoms with Crippen molar-refractivity contribution in [1.29, 1.82) is 0 Å². The molecule has 0 fully saturated rings. The van der Waals surface area contributed by atoms with Crippen molar-refractivity contribution in [3.05, 3.63) is 54.1 Å². The molecule has 0 saturated carbocycles. The summed E-state index contributed by atoms with van der Waals surface area (Å²) in [5.41, 5.74) is 2.36. The van der Waals surface area contributed by atoms with Crippen LogP contribution in [0.3, 0.4) is 0 Å². The molecule has 0 radical (unpaired) electrons. The average molecular weight is 285 g/mol. The van der Waals surface area contributed by atoms with Gasteiger partial charge in [-0.1, -0.05) is 54.3 Å². The minimum absolute atomic E-state index is 0. The van der Waals surface area contributed by atoms with E-state index in [2.05, 4.69) is 17.1 Å². The van der Waals surface area contributed by atoms with Gasteiger partial charge in [0.25, 0.3) is 0 Å². The minimum Gasteiger partial charge on any atom is -0.289 e. The predicted octanol–water partition coefficient (Wildman–Crippen LogP) is 3.68. The summed E-state index contributed by atoms with van der Waals surface area (Å²) in [6.07, 6.45) is 3.57. The Morgan fingerprint density at radius 2 is 2.06 bits per heavy atom. The van der Waals surface area contributed by atoms with Gasteiger partial charge >= 0.3 is 0 Å². The first-order chi connectivity index (χ1) is 7.77. The van der Waals surface area contributed by atoms with Crippen LogP contribution in [0.1, 0.15) is 11.3 Å². The zero-order valence-corrected chi connectivity index (χ0v) is 11.8. The lowest BCUT2D eigenvalue weighted by molar-refractivity contribution is 1.11. The van der Waals surface area contributed by atoms with Gasteiger partial charge in [0.15, 0.2) is 0 Å². The molecule has 0 spiro atoms. The molecule has 0 aliphatic carbocycles. The molecule has 0 aliphatic heterocycles. The number of hydrogen-bond acceptors (Lipinski definition) is 3. The first kappa shape index (κ1) is 14.2. The van der Waals surface area contributed by atoms with Crippen LogP contribution in [0.4, 0.5) is 0 Å². The molecule has 0 bridgehead atoms. The lowest BCUT2D eigenvalue weighted by Gasteiger charge is -2.06. The normalized spacial score (nSPS) is 9.71. The Bertz CT molecular complexity index is 482. The van der Waals surface area contributed by atoms with Gasteiger partial charge in [-0.2, -0.15) is 0 Å². The van der Waals surface area contributed by atoms with Crippen molar-refractivity contribution in [2.75, 3.05) is 0 Å². The first-order valence-corrected chi connectivity index (χ1v) is 6.37. The van der Waals surface area contributed by atoms with Gasteiger partial charge in [-0.15, -0.1) is 12.4 Å². The fourth-order valence-electron chi connectivity index (χ4n) is 1.34. The summed E-state index contributed by atoms with van der Waals surface area (Å²) in [6.45, 7) is 2.00. The van der Waals surface area contributed by atoms with Crippen molar-refractivity contribution in [3.8, 4) is 0 Å². The average Bonchev–Trinajstić information content (AvgIpc) is 2.74. The molecule has 5 heteroatoms. The third kappa shape index (κ3) is 3.84. The molecule has 2 nitrogen and oxygen atoms in total. The molecule has 1 aromatic carbocycles. The molecule has 0 saturated heterocycles. The third-order valence-corrected chi connectivity index (χ3v) is 3.70. The second kappa shape index (κ2) is 6.79. The number of benzene rings is 1. The van der Waals surface area contributed by atoms with E-state index in [1.165, 1.54) is 5.56 Å². The summed E-state index contributed by atoms with van der Waals surface area (Å²) in [5.74, 6) is 0.900. The highest BCUT2D eigenvalue weighted by Crippen LogP contribution is 2.16. The summed E-state index contributed by atoms with van der Waals surface area (Å²) in [5, 5.41) is 0. The van der Waals surface area contributed by atoms with Gasteiger partial charge in [0.2, 0.25) is 0 Å². The second-order valence-electron chi connectivity index (χ2n) is 3.45. The molecule has 1 aromatic heterocycles. The smallest absolute Gasteiger partial charge is 0.146 e. The standard InChI is InChI=1S/C12H12N2S2.ClH/c1-10-7-13-9-14(10)12(15)16-8-11-5-3-2-4-6-11;/h2-7,9H,8H2,1H3;1H. The number of nitrogens with zero attached hydrogens (tertiary/aromatic N) is 2. The number of rotatable bonds is 2. The fraction of sp³-hybridized carbons (Fsp3) is 0.167. The monoisotopic (exact) mass is 284 g/mol. The van der Waals surface area contributed by atoms with E-state index in [9.17, 15) is 0 Å². The number of aromatic nitrogens is 2. The van der Waals surface area contributed by atoms with Crippen molar-refractivity contribution >= 4 is 40.7 Å². The van der Waals surface area contributed by atoms with E-state index in [1.807, 2.05) is 35.9 Å². The molecular weight excluding hydrogens is 272 g/mol. The van der Waals surface area contributed by atoms with Crippen LogP contribution in [0.2, 0.25) is 0 Å². The Kier molecular flexibility index (Phi) is 5.68. The van der Waals surface area contributed by atoms with Crippen molar-refractivity contribution in [2.45, 2.75) is 12.7 Å². The van der Waals surface area contributed by atoms with E-state index in [1.54, 1.807) is 18.1 Å². The van der Waals surface area contributed by atoms with Gasteiger partial charge in [0.1, 0.15) is 10.6 Å². The molecule has 1 heterocycles. The molecule has 17 heavy (non-hydrogen) atoms. The molecule has 0 aliphatic rings. The highest BCUT2D eigenvalue weighted by molar-refractivity contribution is 8.22. The van der Waals surface area contributed by atoms with E-state index < -0.39 is 0 Å². The molecule has 90 valence electrons. The Hall–Kier alpha value is -0.840. The van der Waals surface area contributed by atoms with Gasteiger partial charge in [0, 0.05) is 17.6 Å². The van der Waals surface area contributed by atoms with Gasteiger partial charge in [0.05, 0.1) is 0 Å². The second-order valence-corrected chi connectivity index (χ2v) is 5.05. The maximum Gasteiger partial charge on any atom is 0.146 e. The van der Waals surface area contributed by atoms with Crippen LogP contribution >= 0.6 is 36.4 Å². The van der Waals surface area contributed by atoms with E-state index in [4.69, 9.17) is 12.2 Å². The number of halogens is 1. The largest absolute Gasteiger partial charge is 0.289 e. The quantitative estimate of drug-likeness (QED) is 0.784. The van der Waals surface area contributed by atoms with Crippen LogP contribution in [0.5, 0.6) is 0 Å². The van der Waals surface area contributed by atoms with Gasteiger partial charge < -0.3 is 0 Å². The highest BCUT2D eigenvalue weighted by Gasteiger charge is 2.03. The number of hydrogen-bond donors (Lipinski definition) is 0. The number of imidazole rings is 1. The highest BCUT2D eigenvalue weighted by atomic mass is 35.5. The van der Waals surface area contributed by atoms with Crippen molar-refractivity contribution < 1.29 is 0 Å². The molecule has 2 aromatic rings. The molecule has 0 N–H and O–H groups in total. The maximum absolute atomic E-state index is 5.35. The zero-order valence-electron chi connectivity index (χ0n) is 9.37. The lowest BCUT2D eigenvalue weighted by atomic mass is 10.2. The Morgan fingerprint density at radius 3 is 2.65 bits per heavy atom. The van der Waals surface area contributed by atoms with Crippen molar-refractivity contribution in [3.63, 3.8) is 0 Å². The molecule has 0 atom stereocenters. The Labute approximate surface area is 117 Å². The van der Waals surface area contributed by atoms with Crippen molar-refractivity contribution in [1.82, 2.24) is 9.55 Å². The van der Waals surface area contributed by atoms with E-state index in [-0.39, 0.29) is 12.4 Å². The van der Waals surface area contributed by atoms with Crippen molar-refractivity contribution in [2.24, 2.45) is 0 Å². The van der Waals surface area contributed by atoms with Gasteiger partial charge in [-0.05, 0) is 12.5 Å². The molecule has 0 unspecified atom stereocenters. The van der Waals surface area contributed by atoms with E-state index >= 15 is 0 Å². The fourth-order valence-corrected chi connectivity index (χ4v) is 2.52. The lowest BCUT2D eigenvalue weighted by Crippen LogP contribution is -2.05. The van der Waals surface area contributed by atoms with Crippen LogP contribution in [-0.4, -0.2) is 13.9 Å². The number of thioether (sulfide) groups is 1. The summed E-state index contributed by atoms with van der Waals surface area (Å²) in [4.78, 5) is 4.06. The van der Waals surface area contributed by atoms with Crippen LogP contribution in [0.15, 0.2) is 42.9 Å². The zero-order chi connectivity index (χ0) is 11.4. The molecule has 0 amide bonds. The summed E-state index contributed by atoms with van der Waals surface area (Å²) >= 11 is 7.00. The van der Waals surface area contributed by atoms with Gasteiger partial charge in [-0.25, -0.2) is 4.98 Å². The van der Waals surface area contributed by atoms with Crippen LogP contribution in [0.25, 0.3) is 0 Å². The van der Waals surface area contributed by atoms with E-state index in [0.717, 1.165) is 15.8 Å². The third-order valence-electron chi connectivity index (χ3n) is 2.23. The SMILES string of the molecule is Cc1cncn1C(=S)SCc1ccccc1.Cl. The van der Waals surface area contributed by atoms with Crippen LogP contribution in [0, 0.1) is 6.92 Å². The number of aryl methyl sites for hydroxylation is 1. The molecule has 2 rings (SSSR count). The Balaban J connectivity index is 0.00000144. The van der Waals surface area contributed by atoms with Gasteiger partial charge in [-0.3, -0.25) is 4.57 Å². The predicted molar refractivity (Wildman–Crippen MR) is 79.9 cm³/mol. The minimum atomic E-state index is 0.